The van der Waals surface area contributed by atoms with E-state index in [0.29, 0.717) is 12.3 Å². The summed E-state index contributed by atoms with van der Waals surface area (Å²) in [6.45, 7) is 4.16. The van der Waals surface area contributed by atoms with Crippen LogP contribution in [-0.4, -0.2) is 12.2 Å². The maximum atomic E-state index is 12.8. The molecule has 0 aromatic rings. The molecule has 2 nitrogen and oxygen atoms in total. The Kier molecular flexibility index (Phi) is 5.92. The highest BCUT2D eigenvalue weighted by molar-refractivity contribution is 4.86. The minimum absolute atomic E-state index is 0.00935. The van der Waals surface area contributed by atoms with Crippen molar-refractivity contribution < 1.29 is 13.2 Å². The van der Waals surface area contributed by atoms with Crippen LogP contribution in [0, 0.1) is 17.8 Å². The number of rotatable bonds is 5. The third-order valence-electron chi connectivity index (χ3n) is 4.24. The van der Waals surface area contributed by atoms with Crippen molar-refractivity contribution in [1.29, 1.82) is 0 Å². The van der Waals surface area contributed by atoms with E-state index in [2.05, 4.69) is 19.3 Å². The fraction of sp³-hybridized carbons (Fsp3) is 1.00. The van der Waals surface area contributed by atoms with Crippen molar-refractivity contribution >= 4 is 0 Å². The van der Waals surface area contributed by atoms with Gasteiger partial charge in [0.1, 0.15) is 0 Å². The number of nitrogens with one attached hydrogen (secondary N) is 1. The molecule has 0 saturated heterocycles. The van der Waals surface area contributed by atoms with Gasteiger partial charge < -0.3 is 0 Å². The van der Waals surface area contributed by atoms with Crippen LogP contribution >= 0.6 is 0 Å². The molecule has 0 radical (unpaired) electrons. The van der Waals surface area contributed by atoms with Gasteiger partial charge in [-0.05, 0) is 37.5 Å². The van der Waals surface area contributed by atoms with E-state index in [4.69, 9.17) is 5.84 Å². The molecule has 1 aliphatic carbocycles. The first-order valence-corrected chi connectivity index (χ1v) is 6.93. The molecular formula is C13H25F3N2. The standard InChI is InChI=1S/C13H25F3N2/c1-3-5-9(2)12(18-17)10-6-4-7-11(8-10)13(14,15)16/h9-12,18H,3-8,17H2,1-2H3. The van der Waals surface area contributed by atoms with Crippen molar-refractivity contribution in [3.8, 4) is 0 Å². The molecule has 0 aromatic heterocycles. The van der Waals surface area contributed by atoms with Gasteiger partial charge in [-0.25, -0.2) is 0 Å². The normalized spacial score (nSPS) is 29.0. The van der Waals surface area contributed by atoms with Gasteiger partial charge >= 0.3 is 6.18 Å². The second-order valence-corrected chi connectivity index (χ2v) is 5.62. The van der Waals surface area contributed by atoms with E-state index in [1.165, 1.54) is 0 Å². The number of hydrazine groups is 1. The lowest BCUT2D eigenvalue weighted by atomic mass is 9.74. The van der Waals surface area contributed by atoms with Crippen molar-refractivity contribution in [3.05, 3.63) is 0 Å². The lowest BCUT2D eigenvalue weighted by Crippen LogP contribution is -2.47. The Balaban J connectivity index is 2.63. The lowest BCUT2D eigenvalue weighted by Gasteiger charge is -2.37. The Morgan fingerprint density at radius 1 is 1.33 bits per heavy atom. The molecule has 3 N–H and O–H groups in total. The summed E-state index contributed by atoms with van der Waals surface area (Å²) in [7, 11) is 0. The summed E-state index contributed by atoms with van der Waals surface area (Å²) in [5, 5.41) is 0. The molecule has 5 heteroatoms. The third-order valence-corrected chi connectivity index (χ3v) is 4.24. The molecule has 1 rings (SSSR count). The van der Waals surface area contributed by atoms with Crippen LogP contribution in [0.1, 0.15) is 52.4 Å². The smallest absolute Gasteiger partial charge is 0.271 e. The van der Waals surface area contributed by atoms with Gasteiger partial charge in [-0.15, -0.1) is 0 Å². The first kappa shape index (κ1) is 15.8. The van der Waals surface area contributed by atoms with E-state index in [1.54, 1.807) is 0 Å². The summed E-state index contributed by atoms with van der Waals surface area (Å²) in [5.74, 6) is 4.80. The molecule has 1 fully saturated rings. The number of hydrogen-bond donors (Lipinski definition) is 2. The number of alkyl halides is 3. The van der Waals surface area contributed by atoms with E-state index < -0.39 is 12.1 Å². The van der Waals surface area contributed by atoms with Crippen LogP contribution < -0.4 is 11.3 Å². The Hall–Kier alpha value is -0.290. The van der Waals surface area contributed by atoms with Gasteiger partial charge in [-0.3, -0.25) is 11.3 Å². The Morgan fingerprint density at radius 3 is 2.50 bits per heavy atom. The summed E-state index contributed by atoms with van der Waals surface area (Å²) in [6, 6.07) is 0.00935. The van der Waals surface area contributed by atoms with E-state index in [0.717, 1.165) is 19.3 Å². The summed E-state index contributed by atoms with van der Waals surface area (Å²) in [6.07, 6.45) is 0.00979. The topological polar surface area (TPSA) is 38.0 Å². The lowest BCUT2D eigenvalue weighted by molar-refractivity contribution is -0.187. The Labute approximate surface area is 107 Å². The molecule has 0 aliphatic heterocycles. The van der Waals surface area contributed by atoms with Crippen LogP contribution in [0.5, 0.6) is 0 Å². The predicted molar refractivity (Wildman–Crippen MR) is 66.7 cm³/mol. The highest BCUT2D eigenvalue weighted by atomic mass is 19.4. The van der Waals surface area contributed by atoms with Gasteiger partial charge in [0.25, 0.3) is 0 Å². The minimum atomic E-state index is -4.05. The molecule has 0 aromatic carbocycles. The molecule has 0 amide bonds. The maximum absolute atomic E-state index is 12.8. The fourth-order valence-electron chi connectivity index (χ4n) is 3.25. The minimum Gasteiger partial charge on any atom is -0.271 e. The molecular weight excluding hydrogens is 241 g/mol. The molecule has 18 heavy (non-hydrogen) atoms. The van der Waals surface area contributed by atoms with Crippen molar-refractivity contribution in [2.24, 2.45) is 23.6 Å². The summed E-state index contributed by atoms with van der Waals surface area (Å²) < 4.78 is 38.3. The van der Waals surface area contributed by atoms with Gasteiger partial charge in [0, 0.05) is 6.04 Å². The first-order chi connectivity index (χ1) is 8.40. The van der Waals surface area contributed by atoms with E-state index in [-0.39, 0.29) is 24.8 Å². The zero-order chi connectivity index (χ0) is 13.8. The van der Waals surface area contributed by atoms with Crippen LogP contribution in [0.25, 0.3) is 0 Å². The van der Waals surface area contributed by atoms with Gasteiger partial charge in [0.05, 0.1) is 5.92 Å². The van der Waals surface area contributed by atoms with E-state index in [1.807, 2.05) is 0 Å². The van der Waals surface area contributed by atoms with Crippen LogP contribution in [0.15, 0.2) is 0 Å². The second-order valence-electron chi connectivity index (χ2n) is 5.62. The average molecular weight is 266 g/mol. The fourth-order valence-corrected chi connectivity index (χ4v) is 3.25. The molecule has 0 heterocycles. The van der Waals surface area contributed by atoms with Gasteiger partial charge in [0.2, 0.25) is 0 Å². The summed E-state index contributed by atoms with van der Waals surface area (Å²) in [4.78, 5) is 0. The van der Waals surface area contributed by atoms with Crippen molar-refractivity contribution in [1.82, 2.24) is 5.43 Å². The second kappa shape index (κ2) is 6.75. The van der Waals surface area contributed by atoms with Crippen LogP contribution in [0.2, 0.25) is 0 Å². The Bertz CT molecular complexity index is 243. The maximum Gasteiger partial charge on any atom is 0.391 e. The SMILES string of the molecule is CCCC(C)C(NN)C1CCCC(C(F)(F)F)C1. The van der Waals surface area contributed by atoms with Crippen LogP contribution in [0.4, 0.5) is 13.2 Å². The number of nitrogens with two attached hydrogens (primary N) is 1. The average Bonchev–Trinajstić information content (AvgIpc) is 2.29. The number of hydrogen-bond acceptors (Lipinski definition) is 2. The highest BCUT2D eigenvalue weighted by Crippen LogP contribution is 2.42. The number of halogens is 3. The van der Waals surface area contributed by atoms with Crippen molar-refractivity contribution in [3.63, 3.8) is 0 Å². The zero-order valence-corrected chi connectivity index (χ0v) is 11.3. The molecule has 0 bridgehead atoms. The Morgan fingerprint density at radius 2 is 2.00 bits per heavy atom. The van der Waals surface area contributed by atoms with Crippen LogP contribution in [0.3, 0.4) is 0 Å². The third kappa shape index (κ3) is 4.12. The molecule has 4 atom stereocenters. The van der Waals surface area contributed by atoms with Gasteiger partial charge in [0.15, 0.2) is 0 Å². The molecule has 108 valence electrons. The highest BCUT2D eigenvalue weighted by Gasteiger charge is 2.43. The predicted octanol–water partition coefficient (Wildman–Crippen LogP) is 3.62. The monoisotopic (exact) mass is 266 g/mol. The van der Waals surface area contributed by atoms with Gasteiger partial charge in [-0.2, -0.15) is 13.2 Å². The molecule has 1 saturated carbocycles. The largest absolute Gasteiger partial charge is 0.391 e. The molecule has 4 unspecified atom stereocenters. The zero-order valence-electron chi connectivity index (χ0n) is 11.3. The first-order valence-electron chi connectivity index (χ1n) is 6.93. The summed E-state index contributed by atoms with van der Waals surface area (Å²) in [5.41, 5.74) is 2.76. The van der Waals surface area contributed by atoms with Crippen molar-refractivity contribution in [2.75, 3.05) is 0 Å². The van der Waals surface area contributed by atoms with Gasteiger partial charge in [-0.1, -0.05) is 26.7 Å². The van der Waals surface area contributed by atoms with E-state index >= 15 is 0 Å². The van der Waals surface area contributed by atoms with E-state index in [9.17, 15) is 13.2 Å². The van der Waals surface area contributed by atoms with Crippen LogP contribution in [-0.2, 0) is 0 Å². The van der Waals surface area contributed by atoms with Crippen molar-refractivity contribution in [2.45, 2.75) is 64.6 Å². The summed E-state index contributed by atoms with van der Waals surface area (Å²) >= 11 is 0. The molecule has 0 spiro atoms. The molecule has 1 aliphatic rings. The quantitative estimate of drug-likeness (QED) is 0.589.